The molecular formula is C15H17N5O3. The third-order valence-corrected chi connectivity index (χ3v) is 4.32. The van der Waals surface area contributed by atoms with Crippen molar-refractivity contribution >= 4 is 28.7 Å². The van der Waals surface area contributed by atoms with E-state index in [4.69, 9.17) is 0 Å². The van der Waals surface area contributed by atoms with E-state index in [9.17, 15) is 14.7 Å². The molecule has 2 N–H and O–H groups in total. The number of carbonyl (C=O) groups excluding carboxylic acids is 1. The van der Waals surface area contributed by atoms with E-state index in [-0.39, 0.29) is 28.9 Å². The Morgan fingerprint density at radius 1 is 1.43 bits per heavy atom. The van der Waals surface area contributed by atoms with Crippen molar-refractivity contribution in [1.29, 1.82) is 0 Å². The van der Waals surface area contributed by atoms with Gasteiger partial charge in [0.05, 0.1) is 11.8 Å². The molecule has 1 unspecified atom stereocenters. The van der Waals surface area contributed by atoms with Gasteiger partial charge in [-0.15, -0.1) is 0 Å². The molecule has 1 aliphatic heterocycles. The first-order chi connectivity index (χ1) is 10.7. The zero-order valence-corrected chi connectivity index (χ0v) is 13.3. The van der Waals surface area contributed by atoms with Gasteiger partial charge < -0.3 is 10.4 Å². The van der Waals surface area contributed by atoms with Crippen molar-refractivity contribution in [2.45, 2.75) is 26.3 Å². The summed E-state index contributed by atoms with van der Waals surface area (Å²) < 4.78 is 1.55. The van der Waals surface area contributed by atoms with Crippen LogP contribution in [0.1, 0.15) is 36.8 Å². The predicted octanol–water partition coefficient (Wildman–Crippen LogP) is 0.958. The van der Waals surface area contributed by atoms with Gasteiger partial charge in [-0.2, -0.15) is 5.10 Å². The van der Waals surface area contributed by atoms with Gasteiger partial charge in [0, 0.05) is 12.4 Å². The molecule has 0 aromatic carbocycles. The molecule has 2 aromatic rings. The summed E-state index contributed by atoms with van der Waals surface area (Å²) in [6, 6.07) is 1.49. The molecule has 8 nitrogen and oxygen atoms in total. The molecule has 23 heavy (non-hydrogen) atoms. The summed E-state index contributed by atoms with van der Waals surface area (Å²) in [5.41, 5.74) is -0.280. The summed E-state index contributed by atoms with van der Waals surface area (Å²) in [5, 5.41) is 16.8. The Hall–Kier alpha value is -2.77. The van der Waals surface area contributed by atoms with Gasteiger partial charge in [0.15, 0.2) is 11.5 Å². The number of aromatic carboxylic acids is 1. The highest BCUT2D eigenvalue weighted by molar-refractivity contribution is 6.18. The standard InChI is InChI=1S/C15H17N5O3/c1-7(2)15(3)14(23)18-11(19-15)10-9(13(21)22)5-8-6-16-20(4)12(8)17-10/h5-7H,1-4H3,(H,21,22)(H,18,19,23). The van der Waals surface area contributed by atoms with Gasteiger partial charge in [0.1, 0.15) is 11.2 Å². The Labute approximate surface area is 132 Å². The Bertz CT molecular complexity index is 867. The van der Waals surface area contributed by atoms with Crippen LogP contribution >= 0.6 is 0 Å². The van der Waals surface area contributed by atoms with Crippen LogP contribution < -0.4 is 5.32 Å². The Morgan fingerprint density at radius 2 is 2.13 bits per heavy atom. The van der Waals surface area contributed by atoms with E-state index in [1.165, 1.54) is 6.07 Å². The SMILES string of the molecule is CC(C)C1(C)N=C(c2nc3c(cnn3C)cc2C(=O)O)NC1=O. The molecule has 0 aliphatic carbocycles. The average Bonchev–Trinajstić information content (AvgIpc) is 3.00. The first kappa shape index (κ1) is 15.1. The van der Waals surface area contributed by atoms with Gasteiger partial charge in [-0.05, 0) is 18.9 Å². The number of carbonyl (C=O) groups is 2. The molecule has 3 heterocycles. The number of aromatic nitrogens is 3. The average molecular weight is 315 g/mol. The topological polar surface area (TPSA) is 109 Å². The van der Waals surface area contributed by atoms with Crippen LogP contribution in [0.2, 0.25) is 0 Å². The zero-order valence-electron chi connectivity index (χ0n) is 13.3. The Kier molecular flexibility index (Phi) is 3.20. The molecule has 0 saturated carbocycles. The minimum Gasteiger partial charge on any atom is -0.478 e. The third-order valence-electron chi connectivity index (χ3n) is 4.32. The molecular weight excluding hydrogens is 298 g/mol. The van der Waals surface area contributed by atoms with Crippen LogP contribution in [0.25, 0.3) is 11.0 Å². The first-order valence-corrected chi connectivity index (χ1v) is 7.21. The maximum absolute atomic E-state index is 12.3. The van der Waals surface area contributed by atoms with Crippen molar-refractivity contribution in [3.8, 4) is 0 Å². The van der Waals surface area contributed by atoms with E-state index in [0.29, 0.717) is 11.0 Å². The fraction of sp³-hybridized carbons (Fsp3) is 0.400. The van der Waals surface area contributed by atoms with E-state index < -0.39 is 11.5 Å². The molecule has 1 amide bonds. The van der Waals surface area contributed by atoms with Crippen molar-refractivity contribution in [2.75, 3.05) is 0 Å². The molecule has 0 fully saturated rings. The van der Waals surface area contributed by atoms with Crippen LogP contribution in [0.15, 0.2) is 17.3 Å². The number of amides is 1. The van der Waals surface area contributed by atoms with Crippen molar-refractivity contribution in [1.82, 2.24) is 20.1 Å². The molecule has 0 radical (unpaired) electrons. The van der Waals surface area contributed by atoms with E-state index in [0.717, 1.165) is 0 Å². The van der Waals surface area contributed by atoms with E-state index >= 15 is 0 Å². The lowest BCUT2D eigenvalue weighted by atomic mass is 9.89. The van der Waals surface area contributed by atoms with Crippen LogP contribution in [0, 0.1) is 5.92 Å². The van der Waals surface area contributed by atoms with Gasteiger partial charge in [-0.1, -0.05) is 13.8 Å². The summed E-state index contributed by atoms with van der Waals surface area (Å²) in [4.78, 5) is 32.6. The molecule has 120 valence electrons. The number of fused-ring (bicyclic) bond motifs is 1. The van der Waals surface area contributed by atoms with Gasteiger partial charge in [0.25, 0.3) is 5.91 Å². The number of carboxylic acids is 1. The highest BCUT2D eigenvalue weighted by atomic mass is 16.4. The largest absolute Gasteiger partial charge is 0.478 e. The molecule has 2 aromatic heterocycles. The van der Waals surface area contributed by atoms with Crippen molar-refractivity contribution in [3.05, 3.63) is 23.5 Å². The maximum atomic E-state index is 12.3. The minimum atomic E-state index is -1.13. The second-order valence-corrected chi connectivity index (χ2v) is 6.09. The van der Waals surface area contributed by atoms with Crippen LogP contribution in [0.3, 0.4) is 0 Å². The lowest BCUT2D eigenvalue weighted by Gasteiger charge is -2.21. The van der Waals surface area contributed by atoms with Crippen LogP contribution in [-0.4, -0.2) is 43.1 Å². The number of nitrogens with one attached hydrogen (secondary N) is 1. The zero-order chi connectivity index (χ0) is 16.9. The summed E-state index contributed by atoms with van der Waals surface area (Å²) in [5.74, 6) is -1.24. The molecule has 0 saturated heterocycles. The maximum Gasteiger partial charge on any atom is 0.338 e. The smallest absolute Gasteiger partial charge is 0.338 e. The van der Waals surface area contributed by atoms with Gasteiger partial charge in [0.2, 0.25) is 0 Å². The molecule has 1 atom stereocenters. The number of amidine groups is 1. The predicted molar refractivity (Wildman–Crippen MR) is 83.4 cm³/mol. The van der Waals surface area contributed by atoms with Crippen molar-refractivity contribution < 1.29 is 14.7 Å². The highest BCUT2D eigenvalue weighted by Gasteiger charge is 2.43. The van der Waals surface area contributed by atoms with Gasteiger partial charge in [-0.25, -0.2) is 14.8 Å². The fourth-order valence-electron chi connectivity index (χ4n) is 2.47. The number of rotatable bonds is 3. The van der Waals surface area contributed by atoms with Gasteiger partial charge >= 0.3 is 5.97 Å². The van der Waals surface area contributed by atoms with Crippen LogP contribution in [0.5, 0.6) is 0 Å². The number of hydrogen-bond acceptors (Lipinski definition) is 5. The molecule has 3 rings (SSSR count). The number of aliphatic imine (C=N–C) groups is 1. The van der Waals surface area contributed by atoms with Crippen LogP contribution in [-0.2, 0) is 11.8 Å². The fourth-order valence-corrected chi connectivity index (χ4v) is 2.47. The summed E-state index contributed by atoms with van der Waals surface area (Å²) in [7, 11) is 1.72. The quantitative estimate of drug-likeness (QED) is 0.876. The summed E-state index contributed by atoms with van der Waals surface area (Å²) >= 11 is 0. The lowest BCUT2D eigenvalue weighted by molar-refractivity contribution is -0.124. The number of nitrogens with zero attached hydrogens (tertiary/aromatic N) is 4. The second-order valence-electron chi connectivity index (χ2n) is 6.09. The van der Waals surface area contributed by atoms with Crippen LogP contribution in [0.4, 0.5) is 0 Å². The summed E-state index contributed by atoms with van der Waals surface area (Å²) in [6.45, 7) is 5.51. The Morgan fingerprint density at radius 3 is 2.70 bits per heavy atom. The van der Waals surface area contributed by atoms with Gasteiger partial charge in [-0.3, -0.25) is 9.48 Å². The first-order valence-electron chi connectivity index (χ1n) is 7.21. The third kappa shape index (κ3) is 2.18. The normalized spacial score (nSPS) is 20.9. The van der Waals surface area contributed by atoms with Crippen molar-refractivity contribution in [3.63, 3.8) is 0 Å². The number of pyridine rings is 1. The monoisotopic (exact) mass is 315 g/mol. The number of carboxylic acid groups (broad SMARTS) is 1. The Balaban J connectivity index is 2.23. The molecule has 0 bridgehead atoms. The lowest BCUT2D eigenvalue weighted by Crippen LogP contribution is -2.41. The highest BCUT2D eigenvalue weighted by Crippen LogP contribution is 2.28. The molecule has 1 aliphatic rings. The van der Waals surface area contributed by atoms with Crippen molar-refractivity contribution in [2.24, 2.45) is 18.0 Å². The molecule has 0 spiro atoms. The van der Waals surface area contributed by atoms with E-state index in [2.05, 4.69) is 20.4 Å². The van der Waals surface area contributed by atoms with E-state index in [1.807, 2.05) is 13.8 Å². The summed E-state index contributed by atoms with van der Waals surface area (Å²) in [6.07, 6.45) is 1.55. The minimum absolute atomic E-state index is 0.0162. The van der Waals surface area contributed by atoms with E-state index in [1.54, 1.807) is 24.9 Å². The molecule has 8 heteroatoms. The number of hydrogen-bond donors (Lipinski definition) is 2. The second kappa shape index (κ2) is 4.87. The number of aryl methyl sites for hydroxylation is 1.